The molecule has 0 bridgehead atoms. The largest absolute Gasteiger partial charge is 0.475 e. The van der Waals surface area contributed by atoms with Crippen molar-refractivity contribution in [2.45, 2.75) is 26.5 Å². The van der Waals surface area contributed by atoms with E-state index in [0.29, 0.717) is 5.88 Å². The Morgan fingerprint density at radius 1 is 1.46 bits per heavy atom. The predicted molar refractivity (Wildman–Crippen MR) is 50.6 cm³/mol. The molecule has 13 heavy (non-hydrogen) atoms. The maximum atomic E-state index is 5.42. The van der Waals surface area contributed by atoms with Crippen LogP contribution in [0.15, 0.2) is 12.4 Å². The number of ether oxygens (including phenoxy) is 1. The molecule has 0 unspecified atom stereocenters. The molecule has 0 amide bonds. The first kappa shape index (κ1) is 9.92. The lowest BCUT2D eigenvalue weighted by molar-refractivity contribution is 0.232. The monoisotopic (exact) mass is 181 g/mol. The molecule has 0 aliphatic rings. The van der Waals surface area contributed by atoms with Gasteiger partial charge in [-0.15, -0.1) is 0 Å². The van der Waals surface area contributed by atoms with Crippen molar-refractivity contribution < 1.29 is 4.74 Å². The summed E-state index contributed by atoms with van der Waals surface area (Å²) < 4.78 is 5.42. The van der Waals surface area contributed by atoms with Crippen molar-refractivity contribution in [3.8, 4) is 5.88 Å². The molecule has 1 heterocycles. The Balaban J connectivity index is 2.67. The third-order valence-electron chi connectivity index (χ3n) is 1.41. The second kappa shape index (κ2) is 4.77. The summed E-state index contributed by atoms with van der Waals surface area (Å²) in [4.78, 5) is 8.08. The van der Waals surface area contributed by atoms with Gasteiger partial charge in [-0.1, -0.05) is 0 Å². The molecule has 0 aliphatic carbocycles. The molecule has 4 heteroatoms. The summed E-state index contributed by atoms with van der Waals surface area (Å²) in [5.74, 6) is 0.634. The predicted octanol–water partition coefficient (Wildman–Crippen LogP) is 0.983. The fourth-order valence-corrected chi connectivity index (χ4v) is 0.961. The van der Waals surface area contributed by atoms with E-state index in [2.05, 4.69) is 15.3 Å². The normalized spacial score (nSPS) is 10.5. The zero-order valence-corrected chi connectivity index (χ0v) is 8.24. The van der Waals surface area contributed by atoms with Crippen LogP contribution in [0.4, 0.5) is 0 Å². The highest BCUT2D eigenvalue weighted by Gasteiger charge is 2.00. The Morgan fingerprint density at radius 3 is 2.85 bits per heavy atom. The van der Waals surface area contributed by atoms with Crippen LogP contribution in [-0.2, 0) is 6.54 Å². The topological polar surface area (TPSA) is 47.0 Å². The molecule has 0 fully saturated rings. The average molecular weight is 181 g/mol. The van der Waals surface area contributed by atoms with Gasteiger partial charge >= 0.3 is 0 Å². The summed E-state index contributed by atoms with van der Waals surface area (Å²) in [6.07, 6.45) is 1.67. The molecule has 1 aromatic rings. The molecule has 0 radical (unpaired) electrons. The Kier molecular flexibility index (Phi) is 3.64. The highest BCUT2D eigenvalue weighted by molar-refractivity contribution is 5.13. The van der Waals surface area contributed by atoms with E-state index in [4.69, 9.17) is 4.74 Å². The van der Waals surface area contributed by atoms with E-state index in [1.807, 2.05) is 27.0 Å². The molecule has 1 rings (SSSR count). The fourth-order valence-electron chi connectivity index (χ4n) is 0.961. The van der Waals surface area contributed by atoms with Gasteiger partial charge in [-0.2, -0.15) is 0 Å². The van der Waals surface area contributed by atoms with Crippen molar-refractivity contribution >= 4 is 0 Å². The number of nitrogens with zero attached hydrogens (tertiary/aromatic N) is 2. The minimum atomic E-state index is 0.150. The third kappa shape index (κ3) is 3.38. The van der Waals surface area contributed by atoms with Gasteiger partial charge in [-0.05, 0) is 20.9 Å². The lowest BCUT2D eigenvalue weighted by Crippen LogP contribution is -2.10. The second-order valence-electron chi connectivity index (χ2n) is 3.04. The number of rotatable bonds is 4. The van der Waals surface area contributed by atoms with Crippen molar-refractivity contribution in [1.29, 1.82) is 0 Å². The SMILES string of the molecule is CNCc1cc(OC(C)C)ncn1. The first-order valence-corrected chi connectivity index (χ1v) is 4.34. The Bertz CT molecular complexity index is 263. The maximum absolute atomic E-state index is 5.42. The quantitative estimate of drug-likeness (QED) is 0.752. The van der Waals surface area contributed by atoms with Gasteiger partial charge in [0.05, 0.1) is 11.8 Å². The lowest BCUT2D eigenvalue weighted by Gasteiger charge is -2.08. The zero-order chi connectivity index (χ0) is 9.68. The van der Waals surface area contributed by atoms with Crippen LogP contribution in [0, 0.1) is 0 Å². The summed E-state index contributed by atoms with van der Waals surface area (Å²) in [7, 11) is 1.88. The molecule has 1 aromatic heterocycles. The van der Waals surface area contributed by atoms with Crippen LogP contribution < -0.4 is 10.1 Å². The number of hydrogen-bond acceptors (Lipinski definition) is 4. The van der Waals surface area contributed by atoms with Gasteiger partial charge in [-0.25, -0.2) is 9.97 Å². The van der Waals surface area contributed by atoms with E-state index < -0.39 is 0 Å². The van der Waals surface area contributed by atoms with Crippen molar-refractivity contribution in [2.24, 2.45) is 0 Å². The van der Waals surface area contributed by atoms with Crippen molar-refractivity contribution in [3.63, 3.8) is 0 Å². The molecule has 0 saturated carbocycles. The average Bonchev–Trinajstić information content (AvgIpc) is 2.04. The van der Waals surface area contributed by atoms with Crippen LogP contribution in [-0.4, -0.2) is 23.1 Å². The van der Waals surface area contributed by atoms with E-state index >= 15 is 0 Å². The van der Waals surface area contributed by atoms with E-state index in [0.717, 1.165) is 12.2 Å². The van der Waals surface area contributed by atoms with Crippen molar-refractivity contribution in [3.05, 3.63) is 18.1 Å². The maximum Gasteiger partial charge on any atom is 0.216 e. The molecular formula is C9H15N3O. The molecule has 0 aromatic carbocycles. The lowest BCUT2D eigenvalue weighted by atomic mass is 10.4. The van der Waals surface area contributed by atoms with Gasteiger partial charge in [-0.3, -0.25) is 0 Å². The highest BCUT2D eigenvalue weighted by Crippen LogP contribution is 2.08. The Morgan fingerprint density at radius 2 is 2.23 bits per heavy atom. The van der Waals surface area contributed by atoms with Crippen LogP contribution in [0.5, 0.6) is 5.88 Å². The van der Waals surface area contributed by atoms with Crippen molar-refractivity contribution in [2.75, 3.05) is 7.05 Å². The third-order valence-corrected chi connectivity index (χ3v) is 1.41. The minimum Gasteiger partial charge on any atom is -0.475 e. The first-order chi connectivity index (χ1) is 6.22. The van der Waals surface area contributed by atoms with E-state index in [1.54, 1.807) is 0 Å². The van der Waals surface area contributed by atoms with Crippen LogP contribution in [0.25, 0.3) is 0 Å². The summed E-state index contributed by atoms with van der Waals surface area (Å²) >= 11 is 0. The van der Waals surface area contributed by atoms with Gasteiger partial charge in [0, 0.05) is 12.6 Å². The van der Waals surface area contributed by atoms with E-state index in [-0.39, 0.29) is 6.10 Å². The van der Waals surface area contributed by atoms with E-state index in [1.165, 1.54) is 6.33 Å². The molecule has 1 N–H and O–H groups in total. The van der Waals surface area contributed by atoms with Crippen LogP contribution in [0.2, 0.25) is 0 Å². The van der Waals surface area contributed by atoms with Gasteiger partial charge < -0.3 is 10.1 Å². The summed E-state index contributed by atoms with van der Waals surface area (Å²) in [5.41, 5.74) is 0.938. The van der Waals surface area contributed by atoms with Crippen molar-refractivity contribution in [1.82, 2.24) is 15.3 Å². The molecule has 0 aliphatic heterocycles. The van der Waals surface area contributed by atoms with Gasteiger partial charge in [0.25, 0.3) is 0 Å². The number of aromatic nitrogens is 2. The van der Waals surface area contributed by atoms with Crippen LogP contribution >= 0.6 is 0 Å². The second-order valence-corrected chi connectivity index (χ2v) is 3.04. The zero-order valence-electron chi connectivity index (χ0n) is 8.24. The highest BCUT2D eigenvalue weighted by atomic mass is 16.5. The first-order valence-electron chi connectivity index (χ1n) is 4.34. The summed E-state index contributed by atoms with van der Waals surface area (Å²) in [6.45, 7) is 4.68. The summed E-state index contributed by atoms with van der Waals surface area (Å²) in [5, 5.41) is 3.02. The van der Waals surface area contributed by atoms with Crippen LogP contribution in [0.1, 0.15) is 19.5 Å². The van der Waals surface area contributed by atoms with Gasteiger partial charge in [0.1, 0.15) is 6.33 Å². The van der Waals surface area contributed by atoms with Gasteiger partial charge in [0.2, 0.25) is 5.88 Å². The summed E-state index contributed by atoms with van der Waals surface area (Å²) in [6, 6.07) is 1.84. The fraction of sp³-hybridized carbons (Fsp3) is 0.556. The number of nitrogens with one attached hydrogen (secondary N) is 1. The molecule has 0 saturated heterocycles. The van der Waals surface area contributed by atoms with E-state index in [9.17, 15) is 0 Å². The standard InChI is InChI=1S/C9H15N3O/c1-7(2)13-9-4-8(5-10-3)11-6-12-9/h4,6-7,10H,5H2,1-3H3. The molecular weight excluding hydrogens is 166 g/mol. The number of hydrogen-bond donors (Lipinski definition) is 1. The Hall–Kier alpha value is -1.16. The molecule has 4 nitrogen and oxygen atoms in total. The Labute approximate surface area is 78.4 Å². The smallest absolute Gasteiger partial charge is 0.216 e. The minimum absolute atomic E-state index is 0.150. The molecule has 0 atom stereocenters. The van der Waals surface area contributed by atoms with Crippen LogP contribution in [0.3, 0.4) is 0 Å². The molecule has 0 spiro atoms. The molecule has 72 valence electrons. The van der Waals surface area contributed by atoms with Gasteiger partial charge in [0.15, 0.2) is 0 Å².